The van der Waals surface area contributed by atoms with Crippen molar-refractivity contribution in [2.45, 2.75) is 32.1 Å². The number of aryl methyl sites for hydroxylation is 3. The molecular formula is C19H22N2O2S. The molecule has 0 saturated carbocycles. The average molecular weight is 342 g/mol. The molecule has 0 amide bonds. The zero-order chi connectivity index (χ0) is 17.3. The normalized spacial score (nSPS) is 12.0. The van der Waals surface area contributed by atoms with Crippen LogP contribution >= 0.6 is 0 Å². The third kappa shape index (κ3) is 3.23. The maximum atomic E-state index is 12.7. The van der Waals surface area contributed by atoms with E-state index in [0.29, 0.717) is 17.9 Å². The second-order valence-electron chi connectivity index (χ2n) is 6.24. The molecule has 2 aromatic carbocycles. The number of aromatic amines is 1. The fourth-order valence-electron chi connectivity index (χ4n) is 3.32. The van der Waals surface area contributed by atoms with Crippen LogP contribution in [-0.2, 0) is 16.4 Å². The minimum atomic E-state index is -3.51. The van der Waals surface area contributed by atoms with Crippen LogP contribution in [-0.4, -0.2) is 19.9 Å². The number of fused-ring (bicyclic) bond motifs is 1. The summed E-state index contributed by atoms with van der Waals surface area (Å²) in [7, 11) is -3.51. The van der Waals surface area contributed by atoms with Gasteiger partial charge in [0.1, 0.15) is 0 Å². The lowest BCUT2D eigenvalue weighted by atomic mass is 10.1. The zero-order valence-corrected chi connectivity index (χ0v) is 15.0. The van der Waals surface area contributed by atoms with Crippen molar-refractivity contribution in [3.8, 4) is 0 Å². The Bertz CT molecular complexity index is 965. The van der Waals surface area contributed by atoms with Gasteiger partial charge in [-0.3, -0.25) is 0 Å². The maximum absolute atomic E-state index is 12.7. The second kappa shape index (κ2) is 6.42. The summed E-state index contributed by atoms with van der Waals surface area (Å²) in [5.41, 5.74) is 4.83. The predicted octanol–water partition coefficient (Wildman–Crippen LogP) is 3.61. The van der Waals surface area contributed by atoms with Crippen LogP contribution in [0.1, 0.15) is 22.3 Å². The van der Waals surface area contributed by atoms with Crippen molar-refractivity contribution in [1.29, 1.82) is 0 Å². The van der Waals surface area contributed by atoms with E-state index in [4.69, 9.17) is 0 Å². The molecule has 4 nitrogen and oxygen atoms in total. The van der Waals surface area contributed by atoms with E-state index in [9.17, 15) is 8.42 Å². The molecule has 0 aliphatic rings. The molecule has 0 spiro atoms. The zero-order valence-electron chi connectivity index (χ0n) is 14.2. The lowest BCUT2D eigenvalue weighted by molar-refractivity contribution is 0.580. The third-order valence-corrected chi connectivity index (χ3v) is 6.00. The Balaban J connectivity index is 1.77. The molecule has 0 aliphatic heterocycles. The molecule has 0 radical (unpaired) electrons. The van der Waals surface area contributed by atoms with E-state index in [1.165, 1.54) is 0 Å². The average Bonchev–Trinajstić information content (AvgIpc) is 2.89. The number of sulfonamides is 1. The van der Waals surface area contributed by atoms with Gasteiger partial charge in [0, 0.05) is 23.6 Å². The molecule has 3 aromatic rings. The van der Waals surface area contributed by atoms with Crippen LogP contribution in [0.25, 0.3) is 10.9 Å². The smallest absolute Gasteiger partial charge is 0.241 e. The van der Waals surface area contributed by atoms with Gasteiger partial charge in [0.15, 0.2) is 0 Å². The van der Waals surface area contributed by atoms with Gasteiger partial charge >= 0.3 is 0 Å². The second-order valence-corrected chi connectivity index (χ2v) is 7.94. The van der Waals surface area contributed by atoms with Crippen molar-refractivity contribution in [3.63, 3.8) is 0 Å². The number of nitrogens with one attached hydrogen (secondary N) is 2. The van der Waals surface area contributed by atoms with E-state index in [1.807, 2.05) is 63.4 Å². The van der Waals surface area contributed by atoms with Crippen molar-refractivity contribution in [2.24, 2.45) is 0 Å². The highest BCUT2D eigenvalue weighted by Crippen LogP contribution is 2.22. The summed E-state index contributed by atoms with van der Waals surface area (Å²) in [4.78, 5) is 3.61. The Morgan fingerprint density at radius 3 is 2.42 bits per heavy atom. The minimum Gasteiger partial charge on any atom is -0.361 e. The highest BCUT2D eigenvalue weighted by Gasteiger charge is 2.19. The first-order chi connectivity index (χ1) is 11.4. The number of H-pyrrole nitrogens is 1. The molecule has 0 saturated heterocycles. The molecule has 24 heavy (non-hydrogen) atoms. The first kappa shape index (κ1) is 16.7. The fraction of sp³-hybridized carbons (Fsp3) is 0.263. The SMILES string of the molecule is Cc1cc(C)c(S(=O)(=O)NCCc2c[nH]c3ccccc23)c(C)c1. The van der Waals surface area contributed by atoms with Crippen molar-refractivity contribution in [2.75, 3.05) is 6.54 Å². The molecular weight excluding hydrogens is 320 g/mol. The van der Waals surface area contributed by atoms with Gasteiger partial charge in [0.25, 0.3) is 0 Å². The molecule has 0 aliphatic carbocycles. The highest BCUT2D eigenvalue weighted by atomic mass is 32.2. The summed E-state index contributed by atoms with van der Waals surface area (Å²) >= 11 is 0. The molecule has 1 aromatic heterocycles. The number of aromatic nitrogens is 1. The van der Waals surface area contributed by atoms with Crippen molar-refractivity contribution in [3.05, 3.63) is 64.8 Å². The molecule has 5 heteroatoms. The topological polar surface area (TPSA) is 62.0 Å². The lowest BCUT2D eigenvalue weighted by Gasteiger charge is -2.13. The summed E-state index contributed by atoms with van der Waals surface area (Å²) in [5, 5.41) is 1.14. The van der Waals surface area contributed by atoms with Crippen molar-refractivity contribution >= 4 is 20.9 Å². The van der Waals surface area contributed by atoms with Gasteiger partial charge in [-0.2, -0.15) is 0 Å². The Hall–Kier alpha value is -2.11. The number of para-hydroxylation sites is 1. The monoisotopic (exact) mass is 342 g/mol. The van der Waals surface area contributed by atoms with Crippen LogP contribution in [0.2, 0.25) is 0 Å². The molecule has 1 heterocycles. The van der Waals surface area contributed by atoms with Crippen LogP contribution in [0, 0.1) is 20.8 Å². The fourth-order valence-corrected chi connectivity index (χ4v) is 4.80. The summed E-state index contributed by atoms with van der Waals surface area (Å²) in [5.74, 6) is 0. The number of hydrogen-bond acceptors (Lipinski definition) is 2. The Kier molecular flexibility index (Phi) is 4.47. The van der Waals surface area contributed by atoms with Gasteiger partial charge in [0.05, 0.1) is 4.90 Å². The van der Waals surface area contributed by atoms with E-state index in [2.05, 4.69) is 9.71 Å². The highest BCUT2D eigenvalue weighted by molar-refractivity contribution is 7.89. The Morgan fingerprint density at radius 1 is 1.04 bits per heavy atom. The summed E-state index contributed by atoms with van der Waals surface area (Å²) < 4.78 is 28.1. The Morgan fingerprint density at radius 2 is 1.71 bits per heavy atom. The van der Waals surface area contributed by atoms with Crippen molar-refractivity contribution < 1.29 is 8.42 Å². The van der Waals surface area contributed by atoms with Gasteiger partial charge in [-0.25, -0.2) is 13.1 Å². The molecule has 0 unspecified atom stereocenters. The van der Waals surface area contributed by atoms with Crippen molar-refractivity contribution in [1.82, 2.24) is 9.71 Å². The van der Waals surface area contributed by atoms with E-state index >= 15 is 0 Å². The molecule has 126 valence electrons. The first-order valence-corrected chi connectivity index (χ1v) is 9.49. The summed E-state index contributed by atoms with van der Waals surface area (Å²) in [6.07, 6.45) is 2.59. The van der Waals surface area contributed by atoms with Crippen LogP contribution in [0.5, 0.6) is 0 Å². The molecule has 2 N–H and O–H groups in total. The van der Waals surface area contributed by atoms with E-state index in [1.54, 1.807) is 0 Å². The van der Waals surface area contributed by atoms with E-state index in [0.717, 1.165) is 33.2 Å². The summed E-state index contributed by atoms with van der Waals surface area (Å²) in [6.45, 7) is 6.03. The van der Waals surface area contributed by atoms with Crippen LogP contribution in [0.15, 0.2) is 47.5 Å². The lowest BCUT2D eigenvalue weighted by Crippen LogP contribution is -2.27. The van der Waals surface area contributed by atoms with Gasteiger partial charge in [-0.1, -0.05) is 35.9 Å². The van der Waals surface area contributed by atoms with Gasteiger partial charge in [0.2, 0.25) is 10.0 Å². The Labute approximate surface area is 143 Å². The maximum Gasteiger partial charge on any atom is 0.241 e. The molecule has 3 rings (SSSR count). The molecule has 0 bridgehead atoms. The number of rotatable bonds is 5. The van der Waals surface area contributed by atoms with Gasteiger partial charge < -0.3 is 4.98 Å². The molecule has 0 fully saturated rings. The largest absolute Gasteiger partial charge is 0.361 e. The van der Waals surface area contributed by atoms with Crippen LogP contribution < -0.4 is 4.72 Å². The predicted molar refractivity (Wildman–Crippen MR) is 97.8 cm³/mol. The number of hydrogen-bond donors (Lipinski definition) is 2. The van der Waals surface area contributed by atoms with E-state index in [-0.39, 0.29) is 0 Å². The summed E-state index contributed by atoms with van der Waals surface area (Å²) in [6, 6.07) is 11.8. The van der Waals surface area contributed by atoms with Gasteiger partial charge in [-0.05, 0) is 49.9 Å². The standard InChI is InChI=1S/C19H22N2O2S/c1-13-10-14(2)19(15(3)11-13)24(22,23)21-9-8-16-12-20-18-7-5-4-6-17(16)18/h4-7,10-12,20-21H,8-9H2,1-3H3. The van der Waals surface area contributed by atoms with Crippen LogP contribution in [0.4, 0.5) is 0 Å². The minimum absolute atomic E-state index is 0.372. The number of benzene rings is 2. The first-order valence-electron chi connectivity index (χ1n) is 8.01. The van der Waals surface area contributed by atoms with Crippen LogP contribution in [0.3, 0.4) is 0 Å². The quantitative estimate of drug-likeness (QED) is 0.744. The van der Waals surface area contributed by atoms with E-state index < -0.39 is 10.0 Å². The molecule has 0 atom stereocenters. The van der Waals surface area contributed by atoms with Gasteiger partial charge in [-0.15, -0.1) is 0 Å². The third-order valence-electron chi connectivity index (χ3n) is 4.23.